The molecular formula is C74H120ClF3N12O12. The molecule has 7 fully saturated rings. The summed E-state index contributed by atoms with van der Waals surface area (Å²) in [6.45, 7) is 16.9. The predicted molar refractivity (Wildman–Crippen MR) is 379 cm³/mol. The number of amides is 12. The fourth-order valence-electron chi connectivity index (χ4n) is 16.8. The lowest BCUT2D eigenvalue weighted by atomic mass is 9.78. The van der Waals surface area contributed by atoms with E-state index in [0.29, 0.717) is 64.0 Å². The number of hydrogen-bond acceptors (Lipinski definition) is 12. The van der Waals surface area contributed by atoms with Crippen molar-refractivity contribution in [3.63, 3.8) is 0 Å². The average Bonchev–Trinajstić information content (AvgIpc) is 1.55. The second-order valence-corrected chi connectivity index (χ2v) is 32.2. The number of likely N-dealkylation sites (N-methyl/N-ethyl adjacent to an activating group) is 6. The molecule has 102 heavy (non-hydrogen) atoms. The van der Waals surface area contributed by atoms with Gasteiger partial charge in [-0.1, -0.05) is 99.8 Å². The SMILES string of the molecule is CC[C@H](C)[C@@H]1NC(=O)[C@H](CC(C)C)N(C)C(=O)C[C@@H](C(=O)N2CCCC2)N(C)C(=O)[C@H]([C@@H](C)CC)N(C)C(=O)C2(CCCC2)NC(=O)[C@@H]2CCCN2C(=O)[C@H](CCC2CCC(C(F)(F)F)C(Cl)C2)NC(=O)CN(C)C(=O)[C@H](CC2CCC(C)CC2)N(CC)C(=O)[C@@H]2CCN2C(=O)[C@H](C)N(C)C1=O. The van der Waals surface area contributed by atoms with Crippen molar-refractivity contribution in [2.24, 2.45) is 41.4 Å². The topological polar surface area (TPSA) is 270 Å². The van der Waals surface area contributed by atoms with Gasteiger partial charge < -0.3 is 60.0 Å². The van der Waals surface area contributed by atoms with Gasteiger partial charge >= 0.3 is 6.18 Å². The molecule has 4 saturated heterocycles. The number of halogens is 4. The summed E-state index contributed by atoms with van der Waals surface area (Å²) in [6.07, 6.45) is 3.06. The molecule has 28 heteroatoms. The highest BCUT2D eigenvalue weighted by Crippen LogP contribution is 2.44. The van der Waals surface area contributed by atoms with Crippen LogP contribution in [0.2, 0.25) is 0 Å². The Bertz CT molecular complexity index is 3000. The minimum absolute atomic E-state index is 0.000596. The van der Waals surface area contributed by atoms with Crippen LogP contribution in [0.15, 0.2) is 0 Å². The summed E-state index contributed by atoms with van der Waals surface area (Å²) in [6, 6.07) is -10.8. The lowest BCUT2D eigenvalue weighted by Gasteiger charge is -2.46. The molecule has 3 saturated carbocycles. The first-order chi connectivity index (χ1) is 48.0. The first kappa shape index (κ1) is 83.0. The number of alkyl halides is 4. The molecule has 0 aromatic carbocycles. The van der Waals surface area contributed by atoms with Gasteiger partial charge in [-0.05, 0) is 139 Å². The highest BCUT2D eigenvalue weighted by atomic mass is 35.5. The molecule has 24 nitrogen and oxygen atoms in total. The van der Waals surface area contributed by atoms with Gasteiger partial charge in [0.1, 0.15) is 59.9 Å². The van der Waals surface area contributed by atoms with Crippen LogP contribution in [0.25, 0.3) is 0 Å². The molecule has 576 valence electrons. The van der Waals surface area contributed by atoms with Crippen LogP contribution in [0.5, 0.6) is 0 Å². The lowest BCUT2D eigenvalue weighted by molar-refractivity contribution is -0.182. The summed E-state index contributed by atoms with van der Waals surface area (Å²) in [5.41, 5.74) is -1.57. The van der Waals surface area contributed by atoms with E-state index >= 15 is 33.6 Å². The van der Waals surface area contributed by atoms with Crippen LogP contribution in [0.3, 0.4) is 0 Å². The summed E-state index contributed by atoms with van der Waals surface area (Å²) < 4.78 is 42.2. The molecule has 0 aromatic rings. The Morgan fingerprint density at radius 3 is 1.79 bits per heavy atom. The third kappa shape index (κ3) is 19.4. The van der Waals surface area contributed by atoms with Gasteiger partial charge in [-0.2, -0.15) is 13.2 Å². The zero-order valence-electron chi connectivity index (χ0n) is 63.3. The van der Waals surface area contributed by atoms with Gasteiger partial charge in [-0.15, -0.1) is 11.6 Å². The number of nitrogens with one attached hydrogen (secondary N) is 3. The molecule has 14 atom stereocenters. The molecule has 7 aliphatic rings. The van der Waals surface area contributed by atoms with Gasteiger partial charge in [0.05, 0.1) is 18.9 Å². The fourth-order valence-corrected chi connectivity index (χ4v) is 17.4. The maximum atomic E-state index is 15.6. The zero-order valence-corrected chi connectivity index (χ0v) is 64.0. The number of hydrogen-bond donors (Lipinski definition) is 3. The molecule has 4 heterocycles. The van der Waals surface area contributed by atoms with Crippen molar-refractivity contribution < 1.29 is 70.7 Å². The van der Waals surface area contributed by atoms with Crippen molar-refractivity contribution in [3.8, 4) is 0 Å². The monoisotopic (exact) mass is 1460 g/mol. The Labute approximate surface area is 608 Å². The first-order valence-corrected chi connectivity index (χ1v) is 38.6. The first-order valence-electron chi connectivity index (χ1n) is 38.2. The van der Waals surface area contributed by atoms with E-state index in [-0.39, 0.29) is 108 Å². The molecule has 3 aliphatic carbocycles. The Morgan fingerprint density at radius 1 is 0.608 bits per heavy atom. The van der Waals surface area contributed by atoms with Gasteiger partial charge in [0.15, 0.2) is 0 Å². The summed E-state index contributed by atoms with van der Waals surface area (Å²) in [7, 11) is 7.23. The van der Waals surface area contributed by atoms with Crippen LogP contribution in [-0.4, -0.2) is 261 Å². The van der Waals surface area contributed by atoms with Crippen LogP contribution in [0.1, 0.15) is 210 Å². The maximum absolute atomic E-state index is 15.6. The number of rotatable bonds is 13. The van der Waals surface area contributed by atoms with Gasteiger partial charge in [0, 0.05) is 73.3 Å². The summed E-state index contributed by atoms with van der Waals surface area (Å²) >= 11 is 6.43. The minimum atomic E-state index is -4.51. The van der Waals surface area contributed by atoms with Crippen molar-refractivity contribution in [2.75, 3.05) is 74.5 Å². The van der Waals surface area contributed by atoms with Crippen LogP contribution in [-0.2, 0) is 57.5 Å². The number of nitrogens with zero attached hydrogens (tertiary/aromatic N) is 9. The Hall–Kier alpha value is -6.28. The quantitative estimate of drug-likeness (QED) is 0.162. The van der Waals surface area contributed by atoms with E-state index in [0.717, 1.165) is 25.7 Å². The van der Waals surface area contributed by atoms with Gasteiger partial charge in [0.25, 0.3) is 0 Å². The highest BCUT2D eigenvalue weighted by Gasteiger charge is 2.53. The summed E-state index contributed by atoms with van der Waals surface area (Å²) in [5.74, 6) is -10.1. The number of fused-ring (bicyclic) bond motifs is 2. The van der Waals surface area contributed by atoms with E-state index < -0.39 is 173 Å². The number of carbonyl (C=O) groups is 12. The third-order valence-electron chi connectivity index (χ3n) is 24.2. The Balaban J connectivity index is 1.29. The Kier molecular flexibility index (Phi) is 29.4. The third-order valence-corrected chi connectivity index (χ3v) is 24.7. The molecule has 12 amide bonds. The van der Waals surface area contributed by atoms with E-state index in [1.165, 1.54) is 81.4 Å². The van der Waals surface area contributed by atoms with Crippen molar-refractivity contribution in [1.29, 1.82) is 0 Å². The van der Waals surface area contributed by atoms with E-state index in [4.69, 9.17) is 11.6 Å². The molecule has 0 bridgehead atoms. The zero-order chi connectivity index (χ0) is 75.6. The highest BCUT2D eigenvalue weighted by molar-refractivity contribution is 6.21. The fraction of sp³-hybridized carbons (Fsp3) is 0.838. The summed E-state index contributed by atoms with van der Waals surface area (Å²) in [5, 5.41) is 7.66. The number of likely N-dealkylation sites (tertiary alicyclic amines) is 1. The van der Waals surface area contributed by atoms with Crippen molar-refractivity contribution in [2.45, 2.75) is 281 Å². The van der Waals surface area contributed by atoms with Crippen LogP contribution < -0.4 is 16.0 Å². The molecule has 7 rings (SSSR count). The summed E-state index contributed by atoms with van der Waals surface area (Å²) in [4.78, 5) is 193. The Morgan fingerprint density at radius 2 is 1.23 bits per heavy atom. The second-order valence-electron chi connectivity index (χ2n) is 31.6. The molecule has 4 aliphatic heterocycles. The van der Waals surface area contributed by atoms with Crippen LogP contribution in [0, 0.1) is 41.4 Å². The number of carbonyl (C=O) groups excluding carboxylic acids is 12. The van der Waals surface area contributed by atoms with Gasteiger partial charge in [0.2, 0.25) is 70.9 Å². The van der Waals surface area contributed by atoms with Crippen LogP contribution >= 0.6 is 11.6 Å². The standard InChI is InChI=1S/C74H120ClF3N12O12/c1-15-46(7)61-70(100)83(11)48(9)65(95)90-38-32-55(90)69(99)88(17-3)58(41-50-26-24-45(6)25-27-50)67(97)82(10)43-59(91)79-53(31-29-49-28-30-51(52(75)40-49)74(76,77)78)66(96)89-37-22-23-54(89)64(94)81-73(33-18-19-34-73)72(102)86(14)62(47(8)16-2)71(101)85(13)57(68(98)87-35-20-21-36-87)42-60(92)84(12)56(39-44(4)5)63(93)80-61/h44-58,61-62H,15-43H2,1-14H3,(H,79,91)(H,80,93)(H,81,94)/t45?,46-,47-,48-,49?,50?,51?,52?,53-,54-,55-,56-,57-,58-,61-,62-/m0/s1. The molecule has 0 radical (unpaired) electrons. The smallest absolute Gasteiger partial charge is 0.343 e. The minimum Gasteiger partial charge on any atom is -0.343 e. The molecular weight excluding hydrogens is 1340 g/mol. The van der Waals surface area contributed by atoms with E-state index in [1.807, 2.05) is 27.7 Å². The van der Waals surface area contributed by atoms with Crippen LogP contribution in [0.4, 0.5) is 13.2 Å². The van der Waals surface area contributed by atoms with Crippen molar-refractivity contribution in [1.82, 2.24) is 60.0 Å². The molecule has 3 N–H and O–H groups in total. The maximum Gasteiger partial charge on any atom is 0.393 e. The normalized spacial score (nSPS) is 32.0. The van der Waals surface area contributed by atoms with Crippen molar-refractivity contribution in [3.05, 3.63) is 0 Å². The lowest BCUT2D eigenvalue weighted by Crippen LogP contribution is -2.65. The molecule has 0 aromatic heterocycles. The second kappa shape index (κ2) is 36.1. The van der Waals surface area contributed by atoms with Crippen molar-refractivity contribution >= 4 is 82.5 Å². The predicted octanol–water partition coefficient (Wildman–Crippen LogP) is 6.73. The molecule has 1 spiro atoms. The van der Waals surface area contributed by atoms with Gasteiger partial charge in [-0.3, -0.25) is 57.5 Å². The van der Waals surface area contributed by atoms with E-state index in [9.17, 15) is 37.1 Å². The molecule has 3 unspecified atom stereocenters. The van der Waals surface area contributed by atoms with E-state index in [2.05, 4.69) is 22.9 Å². The van der Waals surface area contributed by atoms with Gasteiger partial charge in [-0.25, -0.2) is 0 Å². The van der Waals surface area contributed by atoms with E-state index in [1.54, 1.807) is 25.7 Å². The average molecular weight is 1460 g/mol. The largest absolute Gasteiger partial charge is 0.393 e.